The number of carbonyl (C=O) groups is 1. The van der Waals surface area contributed by atoms with Crippen LogP contribution in [0.25, 0.3) is 0 Å². The molecule has 0 aromatic carbocycles. The van der Waals surface area contributed by atoms with Gasteiger partial charge in [-0.05, 0) is 97.2 Å². The fourth-order valence-corrected chi connectivity index (χ4v) is 11.3. The Bertz CT molecular complexity index is 1190. The SMILES string of the molecule is CC1CCC2(C(=O)O)CCC3(C)C(=CCC4C5(C)Cc6c(O)ncnc6C(C)(C)C5CCC43C)C2C1C. The molecule has 5 aliphatic rings. The first-order valence-corrected chi connectivity index (χ1v) is 14.7. The van der Waals surface area contributed by atoms with E-state index in [1.54, 1.807) is 0 Å². The number of carboxylic acid groups (broad SMARTS) is 1. The van der Waals surface area contributed by atoms with E-state index in [2.05, 4.69) is 59.5 Å². The lowest BCUT2D eigenvalue weighted by Gasteiger charge is -2.70. The summed E-state index contributed by atoms with van der Waals surface area (Å²) in [5, 5.41) is 21.4. The van der Waals surface area contributed by atoms with Gasteiger partial charge in [0, 0.05) is 11.0 Å². The molecule has 5 aliphatic carbocycles. The molecular formula is C32H46N2O3. The van der Waals surface area contributed by atoms with Gasteiger partial charge in [0.1, 0.15) is 6.33 Å². The van der Waals surface area contributed by atoms with Crippen molar-refractivity contribution < 1.29 is 15.0 Å². The van der Waals surface area contributed by atoms with Crippen LogP contribution in [0.2, 0.25) is 0 Å². The zero-order valence-corrected chi connectivity index (χ0v) is 23.9. The van der Waals surface area contributed by atoms with Gasteiger partial charge >= 0.3 is 5.97 Å². The molecular weight excluding hydrogens is 460 g/mol. The number of aromatic hydroxyl groups is 1. The van der Waals surface area contributed by atoms with E-state index in [-0.39, 0.29) is 33.5 Å². The molecule has 0 aliphatic heterocycles. The molecule has 1 heterocycles. The molecule has 5 heteroatoms. The molecule has 0 spiro atoms. The molecule has 9 atom stereocenters. The highest BCUT2D eigenvalue weighted by molar-refractivity contribution is 5.76. The number of hydrogen-bond donors (Lipinski definition) is 2. The largest absolute Gasteiger partial charge is 0.493 e. The van der Waals surface area contributed by atoms with Gasteiger partial charge in [-0.1, -0.05) is 60.1 Å². The molecule has 202 valence electrons. The molecule has 37 heavy (non-hydrogen) atoms. The van der Waals surface area contributed by atoms with Gasteiger partial charge < -0.3 is 10.2 Å². The average Bonchev–Trinajstić information content (AvgIpc) is 2.82. The van der Waals surface area contributed by atoms with E-state index >= 15 is 0 Å². The van der Waals surface area contributed by atoms with Crippen LogP contribution in [-0.4, -0.2) is 26.2 Å². The summed E-state index contributed by atoms with van der Waals surface area (Å²) in [4.78, 5) is 21.8. The summed E-state index contributed by atoms with van der Waals surface area (Å²) < 4.78 is 0. The van der Waals surface area contributed by atoms with E-state index < -0.39 is 11.4 Å². The van der Waals surface area contributed by atoms with Crippen LogP contribution in [0.3, 0.4) is 0 Å². The van der Waals surface area contributed by atoms with E-state index in [9.17, 15) is 15.0 Å². The molecule has 5 nitrogen and oxygen atoms in total. The van der Waals surface area contributed by atoms with Crippen molar-refractivity contribution >= 4 is 5.97 Å². The van der Waals surface area contributed by atoms with Crippen molar-refractivity contribution in [1.82, 2.24) is 9.97 Å². The van der Waals surface area contributed by atoms with Crippen LogP contribution < -0.4 is 0 Å². The monoisotopic (exact) mass is 506 g/mol. The summed E-state index contributed by atoms with van der Waals surface area (Å²) in [6, 6.07) is 0. The zero-order valence-electron chi connectivity index (χ0n) is 23.9. The molecule has 0 radical (unpaired) electrons. The molecule has 3 fully saturated rings. The Kier molecular flexibility index (Phi) is 5.21. The maximum atomic E-state index is 12.9. The molecule has 0 amide bonds. The second-order valence-electron chi connectivity index (χ2n) is 15.0. The Labute approximate surface area is 222 Å². The third-order valence-electron chi connectivity index (χ3n) is 13.6. The Morgan fingerprint density at radius 3 is 2.41 bits per heavy atom. The minimum atomic E-state index is -0.601. The molecule has 1 aromatic rings. The van der Waals surface area contributed by atoms with Gasteiger partial charge in [0.2, 0.25) is 5.88 Å². The smallest absolute Gasteiger partial charge is 0.310 e. The Morgan fingerprint density at radius 2 is 1.70 bits per heavy atom. The van der Waals surface area contributed by atoms with Crippen molar-refractivity contribution in [1.29, 1.82) is 0 Å². The average molecular weight is 507 g/mol. The van der Waals surface area contributed by atoms with Gasteiger partial charge in [-0.3, -0.25) is 4.79 Å². The molecule has 0 bridgehead atoms. The third kappa shape index (κ3) is 2.90. The maximum absolute atomic E-state index is 12.9. The molecule has 3 saturated carbocycles. The highest BCUT2D eigenvalue weighted by Gasteiger charge is 2.69. The topological polar surface area (TPSA) is 83.3 Å². The quantitative estimate of drug-likeness (QED) is 0.403. The molecule has 0 saturated heterocycles. The highest BCUT2D eigenvalue weighted by atomic mass is 16.4. The lowest BCUT2D eigenvalue weighted by molar-refractivity contribution is -0.179. The van der Waals surface area contributed by atoms with Crippen LogP contribution in [0.15, 0.2) is 18.0 Å². The van der Waals surface area contributed by atoms with Crippen molar-refractivity contribution in [2.45, 2.75) is 105 Å². The number of carboxylic acids is 1. The lowest BCUT2D eigenvalue weighted by atomic mass is 9.33. The Morgan fingerprint density at radius 1 is 0.973 bits per heavy atom. The van der Waals surface area contributed by atoms with Crippen LogP contribution in [0.5, 0.6) is 5.88 Å². The van der Waals surface area contributed by atoms with Gasteiger partial charge in [0.05, 0.1) is 11.1 Å². The van der Waals surface area contributed by atoms with Gasteiger partial charge in [0.25, 0.3) is 0 Å². The van der Waals surface area contributed by atoms with Crippen molar-refractivity contribution in [3.05, 3.63) is 29.2 Å². The molecule has 9 unspecified atom stereocenters. The minimum absolute atomic E-state index is 0.00150. The fourth-order valence-electron chi connectivity index (χ4n) is 11.3. The standard InChI is InChI=1S/C32H46N2O3/c1-18-10-13-32(27(36)37)15-14-30(6)21(24(32)19(18)2)8-9-23-29(5)16-20-25(33-17-34-26(20)35)28(3,4)22(29)11-12-31(23,30)7/h8,17-19,22-24H,9-16H2,1-7H3,(H,36,37)(H,33,34,35). The first kappa shape index (κ1) is 25.4. The van der Waals surface area contributed by atoms with Crippen molar-refractivity contribution in [3.63, 3.8) is 0 Å². The molecule has 6 rings (SSSR count). The predicted molar refractivity (Wildman–Crippen MR) is 144 cm³/mol. The van der Waals surface area contributed by atoms with Crippen molar-refractivity contribution in [2.24, 2.45) is 51.2 Å². The lowest BCUT2D eigenvalue weighted by Crippen LogP contribution is -2.65. The first-order chi connectivity index (χ1) is 17.2. The first-order valence-electron chi connectivity index (χ1n) is 14.7. The second-order valence-corrected chi connectivity index (χ2v) is 15.0. The number of allylic oxidation sites excluding steroid dienone is 2. The summed E-state index contributed by atoms with van der Waals surface area (Å²) in [5.74, 6) is 1.61. The van der Waals surface area contributed by atoms with E-state index in [1.165, 1.54) is 11.9 Å². The summed E-state index contributed by atoms with van der Waals surface area (Å²) in [6.45, 7) is 16.8. The van der Waals surface area contributed by atoms with E-state index in [0.29, 0.717) is 23.7 Å². The van der Waals surface area contributed by atoms with Crippen molar-refractivity contribution in [2.75, 3.05) is 0 Å². The predicted octanol–water partition coefficient (Wildman–Crippen LogP) is 6.94. The van der Waals surface area contributed by atoms with Gasteiger partial charge in [-0.15, -0.1) is 0 Å². The van der Waals surface area contributed by atoms with E-state index in [1.807, 2.05) is 0 Å². The van der Waals surface area contributed by atoms with Crippen molar-refractivity contribution in [3.8, 4) is 5.88 Å². The normalized spacial score (nSPS) is 47.9. The summed E-state index contributed by atoms with van der Waals surface area (Å²) in [7, 11) is 0. The number of aromatic nitrogens is 2. The van der Waals surface area contributed by atoms with Gasteiger partial charge in [-0.2, -0.15) is 0 Å². The fraction of sp³-hybridized carbons (Fsp3) is 0.781. The van der Waals surface area contributed by atoms with Crippen LogP contribution in [-0.2, 0) is 16.6 Å². The minimum Gasteiger partial charge on any atom is -0.493 e. The summed E-state index contributed by atoms with van der Waals surface area (Å²) >= 11 is 0. The van der Waals surface area contributed by atoms with Crippen LogP contribution in [0, 0.1) is 51.2 Å². The van der Waals surface area contributed by atoms with Gasteiger partial charge in [0.15, 0.2) is 0 Å². The van der Waals surface area contributed by atoms with Crippen LogP contribution >= 0.6 is 0 Å². The van der Waals surface area contributed by atoms with E-state index in [0.717, 1.165) is 62.6 Å². The molecule has 1 aromatic heterocycles. The number of aliphatic carboxylic acids is 1. The summed E-state index contributed by atoms with van der Waals surface area (Å²) in [6.07, 6.45) is 11.8. The number of hydrogen-bond acceptors (Lipinski definition) is 4. The number of nitrogens with zero attached hydrogens (tertiary/aromatic N) is 2. The Balaban J connectivity index is 1.49. The van der Waals surface area contributed by atoms with E-state index in [4.69, 9.17) is 4.98 Å². The number of rotatable bonds is 1. The second kappa shape index (κ2) is 7.60. The molecule has 2 N–H and O–H groups in total. The summed E-state index contributed by atoms with van der Waals surface area (Å²) in [5.41, 5.74) is 2.82. The highest BCUT2D eigenvalue weighted by Crippen LogP contribution is 2.75. The van der Waals surface area contributed by atoms with Crippen LogP contribution in [0.1, 0.15) is 105 Å². The maximum Gasteiger partial charge on any atom is 0.310 e. The number of fused-ring (bicyclic) bond motifs is 8. The zero-order chi connectivity index (χ0) is 26.8. The third-order valence-corrected chi connectivity index (χ3v) is 13.6. The van der Waals surface area contributed by atoms with Gasteiger partial charge in [-0.25, -0.2) is 9.97 Å². The Hall–Kier alpha value is -1.91. The van der Waals surface area contributed by atoms with Crippen LogP contribution in [0.4, 0.5) is 0 Å².